The third-order valence-corrected chi connectivity index (χ3v) is 3.19. The van der Waals surface area contributed by atoms with E-state index in [0.29, 0.717) is 12.1 Å². The molecule has 0 radical (unpaired) electrons. The molecule has 0 aliphatic carbocycles. The number of hydrogen-bond acceptors (Lipinski definition) is 4. The van der Waals surface area contributed by atoms with Crippen LogP contribution in [0.15, 0.2) is 24.3 Å². The number of carbonyl (C=O) groups excluding carboxylic acids is 1. The lowest BCUT2D eigenvalue weighted by Crippen LogP contribution is -2.32. The average Bonchev–Trinajstić information content (AvgIpc) is 2.49. The van der Waals surface area contributed by atoms with Gasteiger partial charge >= 0.3 is 11.8 Å². The zero-order chi connectivity index (χ0) is 18.9. The van der Waals surface area contributed by atoms with Gasteiger partial charge in [0.2, 0.25) is 5.82 Å². The Bertz CT molecular complexity index is 624. The van der Waals surface area contributed by atoms with E-state index in [4.69, 9.17) is 4.74 Å². The molecule has 1 rings (SSSR count). The summed E-state index contributed by atoms with van der Waals surface area (Å²) in [4.78, 5) is 21.4. The summed E-state index contributed by atoms with van der Waals surface area (Å²) in [6.07, 6.45) is 6.74. The summed E-state index contributed by atoms with van der Waals surface area (Å²) in [5.74, 6) is -0.834. The van der Waals surface area contributed by atoms with Crippen molar-refractivity contribution in [2.45, 2.75) is 52.1 Å². The Balaban J connectivity index is 2.22. The number of hydrogen-bond donors (Lipinski definition) is 1. The molecule has 0 fully saturated rings. The van der Waals surface area contributed by atoms with E-state index in [1.54, 1.807) is 6.08 Å². The lowest BCUT2D eigenvalue weighted by Gasteiger charge is -2.19. The van der Waals surface area contributed by atoms with E-state index in [9.17, 15) is 19.3 Å². The Morgan fingerprint density at radius 2 is 2.04 bits per heavy atom. The predicted octanol–water partition coefficient (Wildman–Crippen LogP) is 4.83. The molecular weight excluding hydrogens is 327 g/mol. The molecular formula is C18H25FN2O4. The van der Waals surface area contributed by atoms with Gasteiger partial charge in [0, 0.05) is 12.6 Å². The van der Waals surface area contributed by atoms with Gasteiger partial charge in [-0.2, -0.15) is 4.39 Å². The molecule has 138 valence electrons. The highest BCUT2D eigenvalue weighted by atomic mass is 19.1. The van der Waals surface area contributed by atoms with Gasteiger partial charge in [-0.3, -0.25) is 10.1 Å². The number of nitrogens with zero attached hydrogens (tertiary/aromatic N) is 1. The van der Waals surface area contributed by atoms with Gasteiger partial charge < -0.3 is 10.1 Å². The molecule has 0 saturated carbocycles. The Hall–Kier alpha value is -2.44. The minimum absolute atomic E-state index is 0.412. The second kappa shape index (κ2) is 9.76. The first-order valence-electron chi connectivity index (χ1n) is 8.26. The van der Waals surface area contributed by atoms with E-state index in [2.05, 4.69) is 5.32 Å². The average molecular weight is 352 g/mol. The monoisotopic (exact) mass is 352 g/mol. The summed E-state index contributed by atoms with van der Waals surface area (Å²) in [6, 6.07) is 3.82. The number of unbranched alkanes of at least 4 members (excludes halogenated alkanes) is 3. The fraction of sp³-hybridized carbons (Fsp3) is 0.500. The van der Waals surface area contributed by atoms with Crippen LogP contribution < -0.4 is 5.32 Å². The third-order valence-electron chi connectivity index (χ3n) is 3.19. The maximum atomic E-state index is 13.2. The molecule has 0 atom stereocenters. The van der Waals surface area contributed by atoms with Gasteiger partial charge in [0.15, 0.2) is 0 Å². The molecule has 0 aliphatic heterocycles. The van der Waals surface area contributed by atoms with Gasteiger partial charge in [0.1, 0.15) is 5.60 Å². The summed E-state index contributed by atoms with van der Waals surface area (Å²) < 4.78 is 18.4. The van der Waals surface area contributed by atoms with Crippen LogP contribution in [0.2, 0.25) is 0 Å². The third kappa shape index (κ3) is 8.83. The van der Waals surface area contributed by atoms with Crippen LogP contribution in [0.3, 0.4) is 0 Å². The fourth-order valence-electron chi connectivity index (χ4n) is 2.06. The van der Waals surface area contributed by atoms with E-state index >= 15 is 0 Å². The zero-order valence-electron chi connectivity index (χ0n) is 14.9. The van der Waals surface area contributed by atoms with Gasteiger partial charge in [-0.05, 0) is 51.7 Å². The van der Waals surface area contributed by atoms with Crippen LogP contribution in [-0.2, 0) is 4.74 Å². The molecule has 6 nitrogen and oxygen atoms in total. The summed E-state index contributed by atoms with van der Waals surface area (Å²) in [6.45, 7) is 6.00. The smallest absolute Gasteiger partial charge is 0.407 e. The van der Waals surface area contributed by atoms with Crippen molar-refractivity contribution >= 4 is 17.9 Å². The quantitative estimate of drug-likeness (QED) is 0.413. The summed E-state index contributed by atoms with van der Waals surface area (Å²) in [5.41, 5.74) is -0.417. The van der Waals surface area contributed by atoms with Crippen molar-refractivity contribution in [3.63, 3.8) is 0 Å². The van der Waals surface area contributed by atoms with Crippen LogP contribution in [0.4, 0.5) is 14.9 Å². The van der Waals surface area contributed by atoms with Gasteiger partial charge in [0.05, 0.1) is 4.92 Å². The Morgan fingerprint density at radius 3 is 2.68 bits per heavy atom. The first-order chi connectivity index (χ1) is 11.7. The Kier molecular flexibility index (Phi) is 8.04. The first-order valence-corrected chi connectivity index (χ1v) is 8.26. The van der Waals surface area contributed by atoms with Gasteiger partial charge in [-0.15, -0.1) is 0 Å². The molecule has 0 spiro atoms. The Labute approximate surface area is 147 Å². The SMILES string of the molecule is CC(C)(C)OC(=O)NCCCCC/C=C/c1ccc(F)c([N+](=O)[O-])c1. The van der Waals surface area contributed by atoms with Crippen molar-refractivity contribution < 1.29 is 18.8 Å². The number of halogens is 1. The van der Waals surface area contributed by atoms with Crippen LogP contribution >= 0.6 is 0 Å². The van der Waals surface area contributed by atoms with Crippen LogP contribution in [0.25, 0.3) is 6.08 Å². The number of alkyl carbamates (subject to hydrolysis) is 1. The second-order valence-corrected chi connectivity index (χ2v) is 6.65. The number of amides is 1. The summed E-state index contributed by atoms with van der Waals surface area (Å²) in [5, 5.41) is 13.4. The van der Waals surface area contributed by atoms with Crippen molar-refractivity contribution in [3.05, 3.63) is 45.8 Å². The van der Waals surface area contributed by atoms with E-state index in [1.807, 2.05) is 26.8 Å². The van der Waals surface area contributed by atoms with E-state index in [0.717, 1.165) is 31.7 Å². The maximum Gasteiger partial charge on any atom is 0.407 e. The molecule has 0 saturated heterocycles. The summed E-state index contributed by atoms with van der Waals surface area (Å²) in [7, 11) is 0. The van der Waals surface area contributed by atoms with Gasteiger partial charge in [-0.1, -0.05) is 24.6 Å². The highest BCUT2D eigenvalue weighted by molar-refractivity contribution is 5.67. The van der Waals surface area contributed by atoms with Crippen LogP contribution in [0, 0.1) is 15.9 Å². The van der Waals surface area contributed by atoms with Crippen LogP contribution in [-0.4, -0.2) is 23.2 Å². The van der Waals surface area contributed by atoms with Crippen molar-refractivity contribution in [1.82, 2.24) is 5.32 Å². The zero-order valence-corrected chi connectivity index (χ0v) is 14.9. The topological polar surface area (TPSA) is 81.5 Å². The minimum atomic E-state index is -0.834. The van der Waals surface area contributed by atoms with E-state index in [1.165, 1.54) is 12.1 Å². The number of rotatable bonds is 8. The number of carbonyl (C=O) groups is 1. The van der Waals surface area contributed by atoms with Gasteiger partial charge in [0.25, 0.3) is 0 Å². The largest absolute Gasteiger partial charge is 0.444 e. The molecule has 0 bridgehead atoms. The van der Waals surface area contributed by atoms with Crippen molar-refractivity contribution in [2.24, 2.45) is 0 Å². The molecule has 7 heteroatoms. The second-order valence-electron chi connectivity index (χ2n) is 6.65. The molecule has 0 aromatic heterocycles. The number of nitro groups is 1. The number of nitrogens with one attached hydrogen (secondary N) is 1. The van der Waals surface area contributed by atoms with Crippen molar-refractivity contribution in [3.8, 4) is 0 Å². The molecule has 0 heterocycles. The maximum absolute atomic E-state index is 13.2. The molecule has 1 aromatic rings. The molecule has 0 unspecified atom stereocenters. The predicted molar refractivity (Wildman–Crippen MR) is 94.8 cm³/mol. The molecule has 0 aliphatic rings. The highest BCUT2D eigenvalue weighted by Crippen LogP contribution is 2.19. The van der Waals surface area contributed by atoms with Crippen LogP contribution in [0.1, 0.15) is 52.0 Å². The first kappa shape index (κ1) is 20.6. The lowest BCUT2D eigenvalue weighted by molar-refractivity contribution is -0.387. The number of allylic oxidation sites excluding steroid dienone is 1. The van der Waals surface area contributed by atoms with Crippen molar-refractivity contribution in [1.29, 1.82) is 0 Å². The van der Waals surface area contributed by atoms with Crippen molar-refractivity contribution in [2.75, 3.05) is 6.54 Å². The highest BCUT2D eigenvalue weighted by Gasteiger charge is 2.15. The normalized spacial score (nSPS) is 11.5. The van der Waals surface area contributed by atoms with E-state index < -0.39 is 28.1 Å². The Morgan fingerprint density at radius 1 is 1.32 bits per heavy atom. The minimum Gasteiger partial charge on any atom is -0.444 e. The van der Waals surface area contributed by atoms with Gasteiger partial charge in [-0.25, -0.2) is 4.79 Å². The molecule has 1 aromatic carbocycles. The molecule has 1 N–H and O–H groups in total. The van der Waals surface area contributed by atoms with E-state index in [-0.39, 0.29) is 0 Å². The molecule has 1 amide bonds. The number of benzene rings is 1. The number of nitro benzene ring substituents is 1. The number of ether oxygens (including phenoxy) is 1. The lowest BCUT2D eigenvalue weighted by atomic mass is 10.1. The standard InChI is InChI=1S/C18H25FN2O4/c1-18(2,3)25-17(22)20-12-8-6-4-5-7-9-14-10-11-15(19)16(13-14)21(23)24/h7,9-11,13H,4-6,8,12H2,1-3H3,(H,20,22)/b9-7+. The van der Waals surface area contributed by atoms with Crippen LogP contribution in [0.5, 0.6) is 0 Å². The summed E-state index contributed by atoms with van der Waals surface area (Å²) >= 11 is 0. The molecule has 25 heavy (non-hydrogen) atoms. The fourth-order valence-corrected chi connectivity index (χ4v) is 2.06.